The van der Waals surface area contributed by atoms with Gasteiger partial charge in [-0.25, -0.2) is 0 Å². The van der Waals surface area contributed by atoms with Crippen LogP contribution in [0, 0.1) is 10.1 Å². The van der Waals surface area contributed by atoms with E-state index in [1.54, 1.807) is 6.07 Å². The van der Waals surface area contributed by atoms with Crippen LogP contribution < -0.4 is 5.73 Å². The predicted molar refractivity (Wildman–Crippen MR) is 90.3 cm³/mol. The molecule has 0 saturated carbocycles. The molecule has 0 aliphatic carbocycles. The smallest absolute Gasteiger partial charge is 0.283 e. The van der Waals surface area contributed by atoms with Crippen molar-refractivity contribution in [1.29, 1.82) is 0 Å². The van der Waals surface area contributed by atoms with Gasteiger partial charge in [0.15, 0.2) is 0 Å². The first-order chi connectivity index (χ1) is 9.99. The van der Waals surface area contributed by atoms with Gasteiger partial charge in [-0.3, -0.25) is 10.1 Å². The molecule has 0 radical (unpaired) electrons. The van der Waals surface area contributed by atoms with Gasteiger partial charge in [0.05, 0.1) is 9.40 Å². The van der Waals surface area contributed by atoms with Crippen molar-refractivity contribution in [1.82, 2.24) is 0 Å². The molecule has 0 aliphatic rings. The molecule has 0 heterocycles. The highest BCUT2D eigenvalue weighted by Gasteiger charge is 2.17. The number of benzene rings is 2. The van der Waals surface area contributed by atoms with Gasteiger partial charge in [-0.05, 0) is 46.0 Å². The highest BCUT2D eigenvalue weighted by Crippen LogP contribution is 2.29. The Morgan fingerprint density at radius 1 is 1.05 bits per heavy atom. The third-order valence-electron chi connectivity index (χ3n) is 3.18. The van der Waals surface area contributed by atoms with Crippen LogP contribution in [0.3, 0.4) is 0 Å². The first-order valence-electron chi connectivity index (χ1n) is 6.40. The van der Waals surface area contributed by atoms with E-state index in [4.69, 9.17) is 5.73 Å². The summed E-state index contributed by atoms with van der Waals surface area (Å²) in [4.78, 5) is 10.5. The summed E-state index contributed by atoms with van der Waals surface area (Å²) >= 11 is 6.80. The van der Waals surface area contributed by atoms with Gasteiger partial charge in [-0.15, -0.1) is 0 Å². The average molecular weight is 414 g/mol. The fraction of sp³-hybridized carbons (Fsp3) is 0.200. The molecule has 6 heteroatoms. The first kappa shape index (κ1) is 16.1. The third-order valence-corrected chi connectivity index (χ3v) is 4.87. The fourth-order valence-electron chi connectivity index (χ4n) is 2.17. The zero-order valence-electron chi connectivity index (χ0n) is 11.1. The second-order valence-corrected chi connectivity index (χ2v) is 6.41. The molecule has 0 bridgehead atoms. The van der Waals surface area contributed by atoms with Crippen molar-refractivity contribution in [2.75, 3.05) is 0 Å². The van der Waals surface area contributed by atoms with Crippen molar-refractivity contribution in [2.45, 2.75) is 18.9 Å². The number of hydrogen-bond acceptors (Lipinski definition) is 3. The normalized spacial score (nSPS) is 12.1. The standard InChI is InChI=1S/C15H14Br2N2O2/c16-13-6-2-1-4-10(13)8-12(18)9-11-5-3-7-14(15(11)17)19(20)21/h1-7,12H,8-9,18H2. The van der Waals surface area contributed by atoms with Gasteiger partial charge in [-0.2, -0.15) is 0 Å². The van der Waals surface area contributed by atoms with Crippen LogP contribution in [0.5, 0.6) is 0 Å². The molecule has 2 aromatic carbocycles. The molecule has 1 atom stereocenters. The number of hydrogen-bond donors (Lipinski definition) is 1. The lowest BCUT2D eigenvalue weighted by molar-refractivity contribution is -0.385. The summed E-state index contributed by atoms with van der Waals surface area (Å²) in [7, 11) is 0. The maximum absolute atomic E-state index is 10.9. The summed E-state index contributed by atoms with van der Waals surface area (Å²) in [5.74, 6) is 0. The lowest BCUT2D eigenvalue weighted by atomic mass is 9.99. The Kier molecular flexibility index (Phi) is 5.50. The fourth-order valence-corrected chi connectivity index (χ4v) is 3.18. The van der Waals surface area contributed by atoms with E-state index in [9.17, 15) is 10.1 Å². The first-order valence-corrected chi connectivity index (χ1v) is 7.98. The van der Waals surface area contributed by atoms with Crippen LogP contribution in [0.15, 0.2) is 51.4 Å². The summed E-state index contributed by atoms with van der Waals surface area (Å²) in [6.07, 6.45) is 1.28. The maximum atomic E-state index is 10.9. The number of rotatable bonds is 5. The number of nitro groups is 1. The lowest BCUT2D eigenvalue weighted by Crippen LogP contribution is -2.26. The number of nitrogens with two attached hydrogens (primary N) is 1. The zero-order valence-corrected chi connectivity index (χ0v) is 14.3. The van der Waals surface area contributed by atoms with Crippen LogP contribution in [0.2, 0.25) is 0 Å². The molecule has 0 fully saturated rings. The Morgan fingerprint density at radius 2 is 1.67 bits per heavy atom. The molecule has 0 aromatic heterocycles. The number of nitro benzene ring substituents is 1. The van der Waals surface area contributed by atoms with Gasteiger partial charge < -0.3 is 5.73 Å². The Balaban J connectivity index is 2.13. The largest absolute Gasteiger partial charge is 0.327 e. The second kappa shape index (κ2) is 7.15. The molecule has 4 nitrogen and oxygen atoms in total. The predicted octanol–water partition coefficient (Wildman–Crippen LogP) is 4.23. The van der Waals surface area contributed by atoms with Crippen molar-refractivity contribution in [3.05, 3.63) is 72.7 Å². The van der Waals surface area contributed by atoms with Gasteiger partial charge in [0.1, 0.15) is 0 Å². The van der Waals surface area contributed by atoms with E-state index in [-0.39, 0.29) is 11.7 Å². The number of nitrogens with zero attached hydrogens (tertiary/aromatic N) is 1. The minimum atomic E-state index is -0.396. The van der Waals surface area contributed by atoms with Gasteiger partial charge in [0.2, 0.25) is 0 Å². The third kappa shape index (κ3) is 4.12. The highest BCUT2D eigenvalue weighted by molar-refractivity contribution is 9.11. The lowest BCUT2D eigenvalue weighted by Gasteiger charge is -2.14. The van der Waals surface area contributed by atoms with Crippen molar-refractivity contribution >= 4 is 37.5 Å². The Hall–Kier alpha value is -1.24. The SMILES string of the molecule is NC(Cc1ccccc1Br)Cc1cccc([N+](=O)[O-])c1Br. The molecule has 0 saturated heterocycles. The Morgan fingerprint density at radius 3 is 2.33 bits per heavy atom. The summed E-state index contributed by atoms with van der Waals surface area (Å²) in [6, 6.07) is 12.8. The Bertz CT molecular complexity index is 662. The van der Waals surface area contributed by atoms with Crippen molar-refractivity contribution in [3.63, 3.8) is 0 Å². The van der Waals surface area contributed by atoms with E-state index in [1.165, 1.54) is 6.07 Å². The zero-order chi connectivity index (χ0) is 15.4. The molecule has 2 N–H and O–H groups in total. The van der Waals surface area contributed by atoms with Crippen molar-refractivity contribution in [2.24, 2.45) is 5.73 Å². The van der Waals surface area contributed by atoms with Gasteiger partial charge >= 0.3 is 0 Å². The molecule has 0 amide bonds. The molecule has 1 unspecified atom stereocenters. The molecule has 2 rings (SSSR count). The van der Waals surface area contributed by atoms with Crippen LogP contribution in [-0.2, 0) is 12.8 Å². The van der Waals surface area contributed by atoms with E-state index in [2.05, 4.69) is 31.9 Å². The van der Waals surface area contributed by atoms with Crippen LogP contribution in [0.4, 0.5) is 5.69 Å². The van der Waals surface area contributed by atoms with Gasteiger partial charge in [-0.1, -0.05) is 46.3 Å². The molecule has 2 aromatic rings. The maximum Gasteiger partial charge on any atom is 0.283 e. The molecule has 0 spiro atoms. The van der Waals surface area contributed by atoms with Gasteiger partial charge in [0, 0.05) is 16.6 Å². The highest BCUT2D eigenvalue weighted by atomic mass is 79.9. The topological polar surface area (TPSA) is 69.2 Å². The number of halogens is 2. The average Bonchev–Trinajstić information content (AvgIpc) is 2.43. The van der Waals surface area contributed by atoms with Crippen molar-refractivity contribution in [3.8, 4) is 0 Å². The van der Waals surface area contributed by atoms with Crippen LogP contribution in [0.1, 0.15) is 11.1 Å². The Labute approximate surface area is 139 Å². The summed E-state index contributed by atoms with van der Waals surface area (Å²) < 4.78 is 1.54. The van der Waals surface area contributed by atoms with Crippen LogP contribution in [0.25, 0.3) is 0 Å². The van der Waals surface area contributed by atoms with E-state index in [1.807, 2.05) is 30.3 Å². The molecular weight excluding hydrogens is 400 g/mol. The van der Waals surface area contributed by atoms with E-state index < -0.39 is 4.92 Å². The monoisotopic (exact) mass is 412 g/mol. The summed E-state index contributed by atoms with van der Waals surface area (Å²) in [5.41, 5.74) is 8.24. The van der Waals surface area contributed by atoms with Crippen LogP contribution in [-0.4, -0.2) is 11.0 Å². The second-order valence-electron chi connectivity index (χ2n) is 4.77. The molecule has 21 heavy (non-hydrogen) atoms. The minimum absolute atomic E-state index is 0.0700. The molecule has 0 aliphatic heterocycles. The van der Waals surface area contributed by atoms with Crippen LogP contribution >= 0.6 is 31.9 Å². The molecular formula is C15H14Br2N2O2. The summed E-state index contributed by atoms with van der Waals surface area (Å²) in [6.45, 7) is 0. The minimum Gasteiger partial charge on any atom is -0.327 e. The van der Waals surface area contributed by atoms with E-state index >= 15 is 0 Å². The van der Waals surface area contributed by atoms with Crippen molar-refractivity contribution < 1.29 is 4.92 Å². The molecule has 110 valence electrons. The quantitative estimate of drug-likeness (QED) is 0.588. The summed E-state index contributed by atoms with van der Waals surface area (Å²) in [5, 5.41) is 10.9. The van der Waals surface area contributed by atoms with E-state index in [0.717, 1.165) is 15.6 Å². The van der Waals surface area contributed by atoms with Gasteiger partial charge in [0.25, 0.3) is 5.69 Å². The van der Waals surface area contributed by atoms with E-state index in [0.29, 0.717) is 17.3 Å².